The third kappa shape index (κ3) is 2.75. The molecule has 1 atom stereocenters. The SMILES string of the molecule is CC[C@@H](c1ccccc1)c1cc(O)c(OC)c(OC)c1O. The molecule has 0 aliphatic heterocycles. The Bertz CT molecular complexity index is 608. The van der Waals surface area contributed by atoms with Crippen molar-refractivity contribution in [1.29, 1.82) is 0 Å². The van der Waals surface area contributed by atoms with Gasteiger partial charge in [0.25, 0.3) is 0 Å². The molecule has 2 aromatic rings. The van der Waals surface area contributed by atoms with Crippen LogP contribution >= 0.6 is 0 Å². The molecule has 0 unspecified atom stereocenters. The number of hydrogen-bond acceptors (Lipinski definition) is 4. The van der Waals surface area contributed by atoms with E-state index in [1.54, 1.807) is 0 Å². The molecule has 4 heteroatoms. The molecule has 112 valence electrons. The third-order valence-corrected chi connectivity index (χ3v) is 3.61. The monoisotopic (exact) mass is 288 g/mol. The second-order valence-corrected chi connectivity index (χ2v) is 4.77. The summed E-state index contributed by atoms with van der Waals surface area (Å²) in [6.07, 6.45) is 0.784. The summed E-state index contributed by atoms with van der Waals surface area (Å²) in [6.45, 7) is 2.03. The molecule has 0 aliphatic rings. The Kier molecular flexibility index (Phi) is 4.58. The van der Waals surface area contributed by atoms with E-state index >= 15 is 0 Å². The number of ether oxygens (including phenoxy) is 2. The number of aromatic hydroxyl groups is 2. The van der Waals surface area contributed by atoms with Gasteiger partial charge in [-0.1, -0.05) is 37.3 Å². The van der Waals surface area contributed by atoms with Crippen LogP contribution in [0.4, 0.5) is 0 Å². The van der Waals surface area contributed by atoms with Crippen molar-refractivity contribution in [2.24, 2.45) is 0 Å². The molecule has 0 heterocycles. The van der Waals surface area contributed by atoms with E-state index in [4.69, 9.17) is 9.47 Å². The molecule has 2 N–H and O–H groups in total. The maximum atomic E-state index is 10.5. The van der Waals surface area contributed by atoms with Gasteiger partial charge >= 0.3 is 0 Å². The topological polar surface area (TPSA) is 58.9 Å². The van der Waals surface area contributed by atoms with Gasteiger partial charge in [-0.25, -0.2) is 0 Å². The van der Waals surface area contributed by atoms with E-state index in [-0.39, 0.29) is 28.9 Å². The van der Waals surface area contributed by atoms with Gasteiger partial charge in [0, 0.05) is 11.5 Å². The van der Waals surface area contributed by atoms with E-state index in [9.17, 15) is 10.2 Å². The molecule has 2 rings (SSSR count). The lowest BCUT2D eigenvalue weighted by atomic mass is 9.88. The Balaban J connectivity index is 2.60. The predicted octanol–water partition coefficient (Wildman–Crippen LogP) is 3.66. The minimum atomic E-state index is -0.0449. The van der Waals surface area contributed by atoms with Gasteiger partial charge in [-0.05, 0) is 18.1 Å². The molecule has 0 saturated carbocycles. The summed E-state index contributed by atoms with van der Waals surface area (Å²) in [5, 5.41) is 20.6. The van der Waals surface area contributed by atoms with Gasteiger partial charge in [0.2, 0.25) is 11.5 Å². The molecule has 0 aromatic heterocycles. The second kappa shape index (κ2) is 6.39. The lowest BCUT2D eigenvalue weighted by Gasteiger charge is -2.20. The van der Waals surface area contributed by atoms with Crippen molar-refractivity contribution in [2.75, 3.05) is 14.2 Å². The molecular weight excluding hydrogens is 268 g/mol. The molecule has 0 bridgehead atoms. The first-order valence-corrected chi connectivity index (χ1v) is 6.85. The zero-order chi connectivity index (χ0) is 15.4. The van der Waals surface area contributed by atoms with E-state index in [0.717, 1.165) is 12.0 Å². The third-order valence-electron chi connectivity index (χ3n) is 3.61. The van der Waals surface area contributed by atoms with Gasteiger partial charge < -0.3 is 19.7 Å². The molecule has 0 fully saturated rings. The summed E-state index contributed by atoms with van der Waals surface area (Å²) in [6, 6.07) is 11.4. The first-order valence-electron chi connectivity index (χ1n) is 6.85. The quantitative estimate of drug-likeness (QED) is 0.824. The van der Waals surface area contributed by atoms with Crippen LogP contribution in [0, 0.1) is 0 Å². The summed E-state index contributed by atoms with van der Waals surface area (Å²) in [4.78, 5) is 0. The zero-order valence-electron chi connectivity index (χ0n) is 12.5. The van der Waals surface area contributed by atoms with Crippen LogP contribution in [-0.4, -0.2) is 24.4 Å². The molecule has 0 radical (unpaired) electrons. The molecule has 0 aliphatic carbocycles. The fourth-order valence-electron chi connectivity index (χ4n) is 2.61. The summed E-state index contributed by atoms with van der Waals surface area (Å²) < 4.78 is 10.3. The van der Waals surface area contributed by atoms with Gasteiger partial charge in [-0.15, -0.1) is 0 Å². The van der Waals surface area contributed by atoms with Crippen LogP contribution in [0.3, 0.4) is 0 Å². The Morgan fingerprint density at radius 1 is 1.00 bits per heavy atom. The van der Waals surface area contributed by atoms with E-state index in [1.165, 1.54) is 20.3 Å². The van der Waals surface area contributed by atoms with Crippen LogP contribution in [0.2, 0.25) is 0 Å². The van der Waals surface area contributed by atoms with E-state index < -0.39 is 0 Å². The Hall–Kier alpha value is -2.36. The average molecular weight is 288 g/mol. The van der Waals surface area contributed by atoms with Crippen molar-refractivity contribution in [2.45, 2.75) is 19.3 Å². The van der Waals surface area contributed by atoms with Gasteiger partial charge in [-0.3, -0.25) is 0 Å². The number of hydrogen-bond donors (Lipinski definition) is 2. The fourth-order valence-corrected chi connectivity index (χ4v) is 2.61. The van der Waals surface area contributed by atoms with Gasteiger partial charge in [0.15, 0.2) is 11.5 Å². The summed E-state index contributed by atoms with van der Waals surface area (Å²) in [7, 11) is 2.86. The van der Waals surface area contributed by atoms with Crippen molar-refractivity contribution in [3.8, 4) is 23.0 Å². The fraction of sp³-hybridized carbons (Fsp3) is 0.294. The molecular formula is C17H20O4. The first kappa shape index (κ1) is 15.0. The highest BCUT2D eigenvalue weighted by Crippen LogP contribution is 2.49. The Labute approximate surface area is 124 Å². The number of methoxy groups -OCH3 is 2. The molecule has 21 heavy (non-hydrogen) atoms. The van der Waals surface area contributed by atoms with Crippen molar-refractivity contribution in [3.63, 3.8) is 0 Å². The molecule has 2 aromatic carbocycles. The Morgan fingerprint density at radius 2 is 1.62 bits per heavy atom. The minimum Gasteiger partial charge on any atom is -0.504 e. The van der Waals surface area contributed by atoms with E-state index in [2.05, 4.69) is 0 Å². The second-order valence-electron chi connectivity index (χ2n) is 4.77. The molecule has 0 spiro atoms. The van der Waals surface area contributed by atoms with Crippen molar-refractivity contribution in [1.82, 2.24) is 0 Å². The summed E-state index contributed by atoms with van der Waals surface area (Å²) >= 11 is 0. The number of rotatable bonds is 5. The lowest BCUT2D eigenvalue weighted by molar-refractivity contribution is 0.314. The molecule has 0 amide bonds. The highest BCUT2D eigenvalue weighted by molar-refractivity contribution is 5.63. The standard InChI is InChI=1S/C17H20O4/c1-4-12(11-8-6-5-7-9-11)13-10-14(18)16(20-2)17(21-3)15(13)19/h5-10,12,18-19H,4H2,1-3H3/t12-/m0/s1. The van der Waals surface area contributed by atoms with Gasteiger partial charge in [-0.2, -0.15) is 0 Å². The van der Waals surface area contributed by atoms with Crippen LogP contribution in [-0.2, 0) is 0 Å². The van der Waals surface area contributed by atoms with Gasteiger partial charge in [0.05, 0.1) is 14.2 Å². The van der Waals surface area contributed by atoms with Crippen LogP contribution in [0.5, 0.6) is 23.0 Å². The normalized spacial score (nSPS) is 12.0. The first-order chi connectivity index (χ1) is 10.1. The lowest BCUT2D eigenvalue weighted by Crippen LogP contribution is -2.02. The maximum absolute atomic E-state index is 10.5. The average Bonchev–Trinajstić information content (AvgIpc) is 2.51. The smallest absolute Gasteiger partial charge is 0.207 e. The number of phenols is 2. The van der Waals surface area contributed by atoms with Crippen LogP contribution in [0.25, 0.3) is 0 Å². The Morgan fingerprint density at radius 3 is 2.14 bits per heavy atom. The molecule has 0 saturated heterocycles. The zero-order valence-corrected chi connectivity index (χ0v) is 12.5. The van der Waals surface area contributed by atoms with Crippen molar-refractivity contribution >= 4 is 0 Å². The summed E-state index contributed by atoms with van der Waals surface area (Å²) in [5.74, 6) is 0.222. The van der Waals surface area contributed by atoms with Crippen LogP contribution in [0.15, 0.2) is 36.4 Å². The van der Waals surface area contributed by atoms with Crippen molar-refractivity contribution in [3.05, 3.63) is 47.5 Å². The highest BCUT2D eigenvalue weighted by atomic mass is 16.5. The highest BCUT2D eigenvalue weighted by Gasteiger charge is 2.24. The van der Waals surface area contributed by atoms with Crippen LogP contribution in [0.1, 0.15) is 30.4 Å². The predicted molar refractivity (Wildman–Crippen MR) is 81.5 cm³/mol. The number of benzene rings is 2. The van der Waals surface area contributed by atoms with Gasteiger partial charge in [0.1, 0.15) is 0 Å². The summed E-state index contributed by atoms with van der Waals surface area (Å²) in [5.41, 5.74) is 1.70. The maximum Gasteiger partial charge on any atom is 0.207 e. The van der Waals surface area contributed by atoms with Crippen LogP contribution < -0.4 is 9.47 Å². The minimum absolute atomic E-state index is 0.00264. The largest absolute Gasteiger partial charge is 0.504 e. The van der Waals surface area contributed by atoms with E-state index in [0.29, 0.717) is 5.56 Å². The van der Waals surface area contributed by atoms with E-state index in [1.807, 2.05) is 37.3 Å². The molecule has 4 nitrogen and oxygen atoms in total. The number of phenolic OH excluding ortho intramolecular Hbond substituents is 2. The van der Waals surface area contributed by atoms with Crippen molar-refractivity contribution < 1.29 is 19.7 Å².